The Labute approximate surface area is 115 Å². The lowest BCUT2D eigenvalue weighted by Crippen LogP contribution is -2.53. The van der Waals surface area contributed by atoms with Gasteiger partial charge in [-0.1, -0.05) is 0 Å². The molecule has 0 unspecified atom stereocenters. The van der Waals surface area contributed by atoms with Crippen LogP contribution in [-0.4, -0.2) is 74.9 Å². The van der Waals surface area contributed by atoms with Crippen molar-refractivity contribution in [3.05, 3.63) is 0 Å². The maximum atomic E-state index is 11.2. The van der Waals surface area contributed by atoms with Crippen molar-refractivity contribution in [3.63, 3.8) is 0 Å². The van der Waals surface area contributed by atoms with Gasteiger partial charge in [-0.15, -0.1) is 0 Å². The van der Waals surface area contributed by atoms with E-state index in [9.17, 15) is 4.79 Å². The average Bonchev–Trinajstić information content (AvgIpc) is 2.91. The van der Waals surface area contributed by atoms with Gasteiger partial charge >= 0.3 is 5.97 Å². The molecular weight excluding hydrogens is 244 g/mol. The zero-order valence-electron chi connectivity index (χ0n) is 12.1. The second-order valence-corrected chi connectivity index (χ2v) is 5.70. The predicted octanol–water partition coefficient (Wildman–Crippen LogP) is 0.592. The lowest BCUT2D eigenvalue weighted by Gasteiger charge is -2.40. The number of carbonyl (C=O) groups excluding carboxylic acids is 1. The molecule has 0 saturated carbocycles. The molecule has 0 aromatic carbocycles. The zero-order chi connectivity index (χ0) is 13.7. The van der Waals surface area contributed by atoms with Crippen molar-refractivity contribution in [2.75, 3.05) is 53.0 Å². The highest BCUT2D eigenvalue weighted by atomic mass is 16.5. The Balaban J connectivity index is 1.69. The molecular formula is C14H26N2O3. The first-order valence-electron chi connectivity index (χ1n) is 7.30. The fourth-order valence-corrected chi connectivity index (χ4v) is 2.96. The Bertz CT molecular complexity index is 292. The van der Waals surface area contributed by atoms with E-state index in [-0.39, 0.29) is 5.97 Å². The molecule has 0 aromatic rings. The first-order chi connectivity index (χ1) is 9.19. The fraction of sp³-hybridized carbons (Fsp3) is 0.929. The third-order valence-corrected chi connectivity index (χ3v) is 4.23. The van der Waals surface area contributed by atoms with Crippen LogP contribution >= 0.6 is 0 Å². The highest BCUT2D eigenvalue weighted by Crippen LogP contribution is 2.18. The van der Waals surface area contributed by atoms with E-state index >= 15 is 0 Å². The van der Waals surface area contributed by atoms with Gasteiger partial charge in [0.1, 0.15) is 0 Å². The highest BCUT2D eigenvalue weighted by molar-refractivity contribution is 5.69. The largest absolute Gasteiger partial charge is 0.469 e. The zero-order valence-corrected chi connectivity index (χ0v) is 12.1. The van der Waals surface area contributed by atoms with Crippen LogP contribution in [-0.2, 0) is 14.3 Å². The minimum absolute atomic E-state index is 0.113. The molecule has 5 heteroatoms. The summed E-state index contributed by atoms with van der Waals surface area (Å²) >= 11 is 0. The third-order valence-electron chi connectivity index (χ3n) is 4.23. The van der Waals surface area contributed by atoms with Gasteiger partial charge in [0, 0.05) is 45.4 Å². The molecule has 2 aliphatic heterocycles. The Morgan fingerprint density at radius 1 is 1.42 bits per heavy atom. The number of carbonyl (C=O) groups is 1. The van der Waals surface area contributed by atoms with E-state index in [1.54, 1.807) is 0 Å². The molecule has 2 aliphatic rings. The van der Waals surface area contributed by atoms with Gasteiger partial charge in [0.25, 0.3) is 0 Å². The molecule has 5 nitrogen and oxygen atoms in total. The molecule has 0 radical (unpaired) electrons. The maximum absolute atomic E-state index is 11.2. The lowest BCUT2D eigenvalue weighted by atomic mass is 10.1. The SMILES string of the molecule is COC(=O)CCN1CCN(C[C@H]2CCOC2)[C@H](C)C1. The van der Waals surface area contributed by atoms with Gasteiger partial charge < -0.3 is 9.47 Å². The molecule has 0 amide bonds. The van der Waals surface area contributed by atoms with E-state index in [2.05, 4.69) is 21.5 Å². The van der Waals surface area contributed by atoms with Gasteiger partial charge in [0.15, 0.2) is 0 Å². The summed E-state index contributed by atoms with van der Waals surface area (Å²) in [6, 6.07) is 0.562. The number of rotatable bonds is 5. The van der Waals surface area contributed by atoms with Crippen molar-refractivity contribution in [2.24, 2.45) is 5.92 Å². The van der Waals surface area contributed by atoms with Gasteiger partial charge in [-0.25, -0.2) is 0 Å². The lowest BCUT2D eigenvalue weighted by molar-refractivity contribution is -0.141. The standard InChI is InChI=1S/C14H26N2O3/c1-12-9-15(5-3-14(17)18-2)6-7-16(12)10-13-4-8-19-11-13/h12-13H,3-11H2,1-2H3/t12-,13-/m1/s1. The van der Waals surface area contributed by atoms with Crippen molar-refractivity contribution in [1.82, 2.24) is 9.80 Å². The van der Waals surface area contributed by atoms with E-state index in [0.29, 0.717) is 18.4 Å². The van der Waals surface area contributed by atoms with Crippen LogP contribution in [0.1, 0.15) is 19.8 Å². The Morgan fingerprint density at radius 3 is 2.89 bits per heavy atom. The average molecular weight is 270 g/mol. The molecule has 19 heavy (non-hydrogen) atoms. The molecule has 2 fully saturated rings. The van der Waals surface area contributed by atoms with Crippen LogP contribution in [0, 0.1) is 5.92 Å². The highest BCUT2D eigenvalue weighted by Gasteiger charge is 2.27. The third kappa shape index (κ3) is 4.44. The second kappa shape index (κ2) is 7.22. The molecule has 0 aromatic heterocycles. The summed E-state index contributed by atoms with van der Waals surface area (Å²) in [5.74, 6) is 0.599. The van der Waals surface area contributed by atoms with Crippen molar-refractivity contribution >= 4 is 5.97 Å². The van der Waals surface area contributed by atoms with E-state index in [4.69, 9.17) is 4.74 Å². The summed E-state index contributed by atoms with van der Waals surface area (Å²) in [4.78, 5) is 16.1. The van der Waals surface area contributed by atoms with Crippen LogP contribution in [0.25, 0.3) is 0 Å². The summed E-state index contributed by atoms with van der Waals surface area (Å²) in [5, 5.41) is 0. The normalized spacial score (nSPS) is 29.6. The number of methoxy groups -OCH3 is 1. The molecule has 2 heterocycles. The van der Waals surface area contributed by atoms with E-state index in [0.717, 1.165) is 45.9 Å². The van der Waals surface area contributed by atoms with Gasteiger partial charge in [-0.2, -0.15) is 0 Å². The number of esters is 1. The van der Waals surface area contributed by atoms with Crippen LogP contribution in [0.4, 0.5) is 0 Å². The predicted molar refractivity (Wildman–Crippen MR) is 73.0 cm³/mol. The minimum atomic E-state index is -0.113. The first kappa shape index (κ1) is 14.8. The summed E-state index contributed by atoms with van der Waals surface area (Å²) in [7, 11) is 1.45. The number of piperazine rings is 1. The molecule has 110 valence electrons. The number of nitrogens with zero attached hydrogens (tertiary/aromatic N) is 2. The quantitative estimate of drug-likeness (QED) is 0.684. The number of ether oxygens (including phenoxy) is 2. The van der Waals surface area contributed by atoms with Gasteiger partial charge in [-0.3, -0.25) is 14.6 Å². The van der Waals surface area contributed by atoms with Gasteiger partial charge in [0.2, 0.25) is 0 Å². The number of hydrogen-bond acceptors (Lipinski definition) is 5. The van der Waals surface area contributed by atoms with Crippen molar-refractivity contribution < 1.29 is 14.3 Å². The van der Waals surface area contributed by atoms with Crippen molar-refractivity contribution in [2.45, 2.75) is 25.8 Å². The van der Waals surface area contributed by atoms with Crippen LogP contribution < -0.4 is 0 Å². The molecule has 2 saturated heterocycles. The van der Waals surface area contributed by atoms with Gasteiger partial charge in [0.05, 0.1) is 20.1 Å². The van der Waals surface area contributed by atoms with Crippen molar-refractivity contribution in [1.29, 1.82) is 0 Å². The summed E-state index contributed by atoms with van der Waals surface area (Å²) in [5.41, 5.74) is 0. The second-order valence-electron chi connectivity index (χ2n) is 5.70. The van der Waals surface area contributed by atoms with E-state index in [1.807, 2.05) is 0 Å². The maximum Gasteiger partial charge on any atom is 0.306 e. The first-order valence-corrected chi connectivity index (χ1v) is 7.30. The Kier molecular flexibility index (Phi) is 5.60. The summed E-state index contributed by atoms with van der Waals surface area (Å²) in [6.07, 6.45) is 1.70. The minimum Gasteiger partial charge on any atom is -0.469 e. The number of hydrogen-bond donors (Lipinski definition) is 0. The molecule has 2 rings (SSSR count). The molecule has 0 N–H and O–H groups in total. The topological polar surface area (TPSA) is 42.0 Å². The van der Waals surface area contributed by atoms with Crippen LogP contribution in [0.2, 0.25) is 0 Å². The van der Waals surface area contributed by atoms with Crippen LogP contribution in [0.3, 0.4) is 0 Å². The van der Waals surface area contributed by atoms with E-state index in [1.165, 1.54) is 13.5 Å². The molecule has 0 bridgehead atoms. The Morgan fingerprint density at radius 2 is 2.26 bits per heavy atom. The van der Waals surface area contributed by atoms with Crippen LogP contribution in [0.15, 0.2) is 0 Å². The van der Waals surface area contributed by atoms with Crippen LogP contribution in [0.5, 0.6) is 0 Å². The fourth-order valence-electron chi connectivity index (χ4n) is 2.96. The monoisotopic (exact) mass is 270 g/mol. The summed E-state index contributed by atoms with van der Waals surface area (Å²) in [6.45, 7) is 9.30. The van der Waals surface area contributed by atoms with Gasteiger partial charge in [-0.05, 0) is 19.3 Å². The van der Waals surface area contributed by atoms with Crippen molar-refractivity contribution in [3.8, 4) is 0 Å². The molecule has 0 spiro atoms. The molecule has 2 atom stereocenters. The Hall–Kier alpha value is -0.650. The van der Waals surface area contributed by atoms with E-state index < -0.39 is 0 Å². The smallest absolute Gasteiger partial charge is 0.306 e. The summed E-state index contributed by atoms with van der Waals surface area (Å²) < 4.78 is 10.1. The molecule has 0 aliphatic carbocycles.